The van der Waals surface area contributed by atoms with E-state index < -0.39 is 36.3 Å². The first-order chi connectivity index (χ1) is 8.48. The highest BCUT2D eigenvalue weighted by Crippen LogP contribution is 2.13. The van der Waals surface area contributed by atoms with Gasteiger partial charge in [0.2, 0.25) is 0 Å². The van der Waals surface area contributed by atoms with Gasteiger partial charge in [0.1, 0.15) is 11.6 Å². The summed E-state index contributed by atoms with van der Waals surface area (Å²) < 4.78 is 26.1. The molecule has 0 aliphatic rings. The predicted octanol–water partition coefficient (Wildman–Crippen LogP) is 0.828. The molecule has 1 aromatic rings. The molecule has 6 heteroatoms. The molecule has 0 heterocycles. The number of hydrogen-bond acceptors (Lipinski definition) is 3. The number of carbonyl (C=O) groups excluding carboxylic acids is 1. The molecule has 0 atom stereocenters. The molecule has 0 unspecified atom stereocenters. The van der Waals surface area contributed by atoms with Gasteiger partial charge in [-0.1, -0.05) is 6.92 Å². The van der Waals surface area contributed by atoms with Crippen LogP contribution >= 0.6 is 0 Å². The van der Waals surface area contributed by atoms with E-state index in [1.165, 1.54) is 0 Å². The molecule has 1 aromatic carbocycles. The van der Waals surface area contributed by atoms with Crippen molar-refractivity contribution in [1.82, 2.24) is 5.32 Å². The molecule has 0 aliphatic carbocycles. The van der Waals surface area contributed by atoms with Gasteiger partial charge < -0.3 is 15.5 Å². The average Bonchev–Trinajstić information content (AvgIpc) is 2.36. The number of benzene rings is 1. The minimum Gasteiger partial charge on any atom is -0.394 e. The molecule has 0 spiro atoms. The molecule has 0 saturated heterocycles. The van der Waals surface area contributed by atoms with Gasteiger partial charge in [0.05, 0.1) is 24.3 Å². The van der Waals surface area contributed by atoms with Crippen LogP contribution in [0, 0.1) is 11.6 Å². The number of rotatable bonds is 5. The van der Waals surface area contributed by atoms with E-state index in [1.54, 1.807) is 6.92 Å². The van der Waals surface area contributed by atoms with E-state index in [0.717, 1.165) is 12.1 Å². The normalized spacial score (nSPS) is 11.4. The average molecular weight is 259 g/mol. The highest BCUT2D eigenvalue weighted by atomic mass is 19.1. The topological polar surface area (TPSA) is 69.6 Å². The Labute approximate surface area is 103 Å². The van der Waals surface area contributed by atoms with Crippen molar-refractivity contribution in [3.05, 3.63) is 35.4 Å². The highest BCUT2D eigenvalue weighted by Gasteiger charge is 2.29. The Morgan fingerprint density at radius 1 is 1.33 bits per heavy atom. The lowest BCUT2D eigenvalue weighted by molar-refractivity contribution is 0.0649. The fourth-order valence-corrected chi connectivity index (χ4v) is 1.42. The smallest absolute Gasteiger partial charge is 0.254 e. The Hall–Kier alpha value is -1.53. The zero-order valence-electron chi connectivity index (χ0n) is 9.91. The van der Waals surface area contributed by atoms with Crippen LogP contribution in [0.15, 0.2) is 18.2 Å². The summed E-state index contributed by atoms with van der Waals surface area (Å²) in [5, 5.41) is 20.7. The van der Waals surface area contributed by atoms with Gasteiger partial charge >= 0.3 is 0 Å². The van der Waals surface area contributed by atoms with Gasteiger partial charge in [0.15, 0.2) is 0 Å². The molecular formula is C12H15F2NO3. The predicted molar refractivity (Wildman–Crippen MR) is 61.0 cm³/mol. The standard InChI is InChI=1S/C12H15F2NO3/c1-2-12(6-16,7-17)15-11(18)9-4-3-8(13)5-10(9)14/h3-5,16-17H,2,6-7H2,1H3,(H,15,18). The molecule has 0 aromatic heterocycles. The van der Waals surface area contributed by atoms with E-state index in [2.05, 4.69) is 5.32 Å². The van der Waals surface area contributed by atoms with E-state index in [4.69, 9.17) is 10.2 Å². The van der Waals surface area contributed by atoms with Crippen molar-refractivity contribution in [2.45, 2.75) is 18.9 Å². The molecule has 0 aliphatic heterocycles. The Morgan fingerprint density at radius 3 is 2.39 bits per heavy atom. The van der Waals surface area contributed by atoms with Crippen LogP contribution in [0.25, 0.3) is 0 Å². The van der Waals surface area contributed by atoms with Crippen LogP contribution in [0.5, 0.6) is 0 Å². The third-order valence-electron chi connectivity index (χ3n) is 2.84. The van der Waals surface area contributed by atoms with Crippen molar-refractivity contribution >= 4 is 5.91 Å². The fourth-order valence-electron chi connectivity index (χ4n) is 1.42. The van der Waals surface area contributed by atoms with Crippen molar-refractivity contribution in [2.24, 2.45) is 0 Å². The minimum atomic E-state index is -1.21. The van der Waals surface area contributed by atoms with E-state index in [1.807, 2.05) is 0 Å². The van der Waals surface area contributed by atoms with Gasteiger partial charge in [-0.05, 0) is 18.6 Å². The Bertz CT molecular complexity index is 425. The largest absolute Gasteiger partial charge is 0.394 e. The lowest BCUT2D eigenvalue weighted by atomic mass is 9.97. The second-order valence-electron chi connectivity index (χ2n) is 4.03. The SMILES string of the molecule is CCC(CO)(CO)NC(=O)c1ccc(F)cc1F. The molecule has 3 N–H and O–H groups in total. The summed E-state index contributed by atoms with van der Waals surface area (Å²) in [6, 6.07) is 2.57. The van der Waals surface area contributed by atoms with Gasteiger partial charge in [-0.2, -0.15) is 0 Å². The maximum Gasteiger partial charge on any atom is 0.254 e. The van der Waals surface area contributed by atoms with Crippen molar-refractivity contribution in [3.8, 4) is 0 Å². The van der Waals surface area contributed by atoms with Crippen molar-refractivity contribution in [2.75, 3.05) is 13.2 Å². The number of amides is 1. The van der Waals surface area contributed by atoms with Gasteiger partial charge in [0, 0.05) is 6.07 Å². The number of nitrogens with one attached hydrogen (secondary N) is 1. The van der Waals surface area contributed by atoms with E-state index >= 15 is 0 Å². The first kappa shape index (κ1) is 14.5. The Kier molecular flexibility index (Phi) is 4.75. The molecule has 0 bridgehead atoms. The quantitative estimate of drug-likeness (QED) is 0.733. The molecule has 1 rings (SSSR count). The van der Waals surface area contributed by atoms with Crippen molar-refractivity contribution < 1.29 is 23.8 Å². The zero-order chi connectivity index (χ0) is 13.8. The Morgan fingerprint density at radius 2 is 1.94 bits per heavy atom. The second kappa shape index (κ2) is 5.88. The highest BCUT2D eigenvalue weighted by molar-refractivity contribution is 5.95. The minimum absolute atomic E-state index is 0.272. The van der Waals surface area contributed by atoms with E-state index in [0.29, 0.717) is 6.07 Å². The molecule has 18 heavy (non-hydrogen) atoms. The van der Waals surface area contributed by atoms with Gasteiger partial charge in [0.25, 0.3) is 5.91 Å². The number of carbonyl (C=O) groups is 1. The summed E-state index contributed by atoms with van der Waals surface area (Å²) >= 11 is 0. The summed E-state index contributed by atoms with van der Waals surface area (Å²) in [6.07, 6.45) is 0.272. The lowest BCUT2D eigenvalue weighted by Crippen LogP contribution is -2.53. The Balaban J connectivity index is 2.94. The number of halogens is 2. The van der Waals surface area contributed by atoms with Gasteiger partial charge in [-0.25, -0.2) is 8.78 Å². The maximum absolute atomic E-state index is 13.4. The lowest BCUT2D eigenvalue weighted by Gasteiger charge is -2.29. The third kappa shape index (κ3) is 3.02. The van der Waals surface area contributed by atoms with Crippen LogP contribution in [-0.2, 0) is 0 Å². The number of aliphatic hydroxyl groups is 2. The van der Waals surface area contributed by atoms with Crippen LogP contribution in [0.4, 0.5) is 8.78 Å². The number of hydrogen-bond donors (Lipinski definition) is 3. The first-order valence-corrected chi connectivity index (χ1v) is 5.47. The van der Waals surface area contributed by atoms with Crippen LogP contribution < -0.4 is 5.32 Å². The molecule has 1 amide bonds. The summed E-state index contributed by atoms with van der Waals surface area (Å²) in [5.74, 6) is -2.58. The maximum atomic E-state index is 13.4. The molecule has 0 saturated carbocycles. The van der Waals surface area contributed by atoms with Gasteiger partial charge in [-0.15, -0.1) is 0 Å². The fraction of sp³-hybridized carbons (Fsp3) is 0.417. The van der Waals surface area contributed by atoms with Crippen molar-refractivity contribution in [3.63, 3.8) is 0 Å². The number of aliphatic hydroxyl groups excluding tert-OH is 2. The molecule has 4 nitrogen and oxygen atoms in total. The summed E-state index contributed by atoms with van der Waals surface area (Å²) in [4.78, 5) is 11.8. The molecular weight excluding hydrogens is 244 g/mol. The zero-order valence-corrected chi connectivity index (χ0v) is 9.91. The molecule has 0 radical (unpaired) electrons. The van der Waals surface area contributed by atoms with Crippen molar-refractivity contribution in [1.29, 1.82) is 0 Å². The first-order valence-electron chi connectivity index (χ1n) is 5.47. The van der Waals surface area contributed by atoms with Gasteiger partial charge in [-0.3, -0.25) is 4.79 Å². The third-order valence-corrected chi connectivity index (χ3v) is 2.84. The van der Waals surface area contributed by atoms with E-state index in [9.17, 15) is 13.6 Å². The van der Waals surface area contributed by atoms with Crippen LogP contribution in [-0.4, -0.2) is 34.9 Å². The molecule has 0 fully saturated rings. The van der Waals surface area contributed by atoms with Crippen LogP contribution in [0.2, 0.25) is 0 Å². The summed E-state index contributed by atoms with van der Waals surface area (Å²) in [5.41, 5.74) is -1.55. The molecule has 100 valence electrons. The summed E-state index contributed by atoms with van der Waals surface area (Å²) in [7, 11) is 0. The van der Waals surface area contributed by atoms with Crippen LogP contribution in [0.3, 0.4) is 0 Å². The van der Waals surface area contributed by atoms with E-state index in [-0.39, 0.29) is 12.0 Å². The van der Waals surface area contributed by atoms with Crippen LogP contribution in [0.1, 0.15) is 23.7 Å². The second-order valence-corrected chi connectivity index (χ2v) is 4.03. The summed E-state index contributed by atoms with van der Waals surface area (Å²) in [6.45, 7) is 0.705. The monoisotopic (exact) mass is 259 g/mol.